The molecule has 0 radical (unpaired) electrons. The summed E-state index contributed by atoms with van der Waals surface area (Å²) in [5.41, 5.74) is 0.218. The van der Waals surface area contributed by atoms with Crippen LogP contribution in [0.3, 0.4) is 0 Å². The molecule has 0 aromatic carbocycles. The van der Waals surface area contributed by atoms with Gasteiger partial charge in [-0.3, -0.25) is 9.36 Å². The molecule has 0 amide bonds. The SMILES string of the molecule is CCOC(=O)C[C@@H]1CSC[C@]1(C(=O)OCC)n1cnc2c(N3CCCCC3)ncnc21. The maximum atomic E-state index is 13.4. The first-order valence-corrected chi connectivity index (χ1v) is 12.1. The molecule has 2 fully saturated rings. The molecule has 168 valence electrons. The van der Waals surface area contributed by atoms with Gasteiger partial charge in [0.2, 0.25) is 0 Å². The fraction of sp³-hybridized carbons (Fsp3) is 0.667. The number of esters is 2. The number of hydrogen-bond acceptors (Lipinski definition) is 9. The van der Waals surface area contributed by atoms with E-state index in [4.69, 9.17) is 9.47 Å². The van der Waals surface area contributed by atoms with E-state index in [1.807, 2.05) is 4.57 Å². The Labute approximate surface area is 185 Å². The Morgan fingerprint density at radius 3 is 2.65 bits per heavy atom. The van der Waals surface area contributed by atoms with Crippen molar-refractivity contribution in [2.24, 2.45) is 5.92 Å². The average Bonchev–Trinajstić information content (AvgIpc) is 3.39. The van der Waals surface area contributed by atoms with E-state index in [2.05, 4.69) is 19.9 Å². The quantitative estimate of drug-likeness (QED) is 0.592. The maximum absolute atomic E-state index is 13.4. The van der Waals surface area contributed by atoms with Crippen LogP contribution in [0.15, 0.2) is 12.7 Å². The van der Waals surface area contributed by atoms with Crippen LogP contribution in [-0.4, -0.2) is 69.3 Å². The molecular weight excluding hydrogens is 418 g/mol. The lowest BCUT2D eigenvalue weighted by Gasteiger charge is -2.33. The van der Waals surface area contributed by atoms with Gasteiger partial charge in [-0.05, 0) is 38.9 Å². The van der Waals surface area contributed by atoms with Crippen LogP contribution < -0.4 is 4.90 Å². The third kappa shape index (κ3) is 3.97. The highest BCUT2D eigenvalue weighted by molar-refractivity contribution is 7.99. The van der Waals surface area contributed by atoms with Gasteiger partial charge in [-0.25, -0.2) is 19.7 Å². The minimum Gasteiger partial charge on any atom is -0.466 e. The molecule has 2 aromatic heterocycles. The van der Waals surface area contributed by atoms with E-state index in [1.54, 1.807) is 31.9 Å². The van der Waals surface area contributed by atoms with Crippen molar-refractivity contribution in [3.8, 4) is 0 Å². The number of nitrogens with zero attached hydrogens (tertiary/aromatic N) is 5. The van der Waals surface area contributed by atoms with Gasteiger partial charge in [0.15, 0.2) is 22.5 Å². The van der Waals surface area contributed by atoms with Crippen LogP contribution in [-0.2, 0) is 24.6 Å². The highest BCUT2D eigenvalue weighted by Crippen LogP contribution is 2.44. The molecule has 0 saturated carbocycles. The predicted molar refractivity (Wildman–Crippen MR) is 118 cm³/mol. The van der Waals surface area contributed by atoms with Crippen LogP contribution in [0.4, 0.5) is 5.82 Å². The van der Waals surface area contributed by atoms with Gasteiger partial charge in [0.25, 0.3) is 0 Å². The summed E-state index contributed by atoms with van der Waals surface area (Å²) < 4.78 is 12.5. The summed E-state index contributed by atoms with van der Waals surface area (Å²) in [6, 6.07) is 0. The van der Waals surface area contributed by atoms with E-state index in [0.29, 0.717) is 29.3 Å². The minimum absolute atomic E-state index is 0.142. The van der Waals surface area contributed by atoms with Crippen molar-refractivity contribution in [3.63, 3.8) is 0 Å². The van der Waals surface area contributed by atoms with Gasteiger partial charge in [-0.15, -0.1) is 0 Å². The number of rotatable bonds is 7. The second-order valence-corrected chi connectivity index (χ2v) is 8.93. The standard InChI is InChI=1S/C21H29N5O4S/c1-3-29-16(27)10-15-11-31-12-21(15,20(28)30-4-2)26-14-24-17-18(22-13-23-19(17)26)25-8-6-5-7-9-25/h13-15H,3-12H2,1-2H3/t15-,21+/m1/s1. The van der Waals surface area contributed by atoms with Gasteiger partial charge in [0.1, 0.15) is 6.33 Å². The summed E-state index contributed by atoms with van der Waals surface area (Å²) in [5, 5.41) is 0. The van der Waals surface area contributed by atoms with Crippen LogP contribution in [0.2, 0.25) is 0 Å². The van der Waals surface area contributed by atoms with Gasteiger partial charge in [0.05, 0.1) is 26.0 Å². The van der Waals surface area contributed by atoms with Crippen molar-refractivity contribution in [2.75, 3.05) is 42.7 Å². The molecule has 0 aliphatic carbocycles. The minimum atomic E-state index is -1.06. The number of imidazole rings is 1. The molecule has 0 bridgehead atoms. The third-order valence-corrected chi connectivity index (χ3v) is 7.35. The number of piperidine rings is 1. The van der Waals surface area contributed by atoms with E-state index >= 15 is 0 Å². The lowest BCUT2D eigenvalue weighted by molar-refractivity contribution is -0.156. The topological polar surface area (TPSA) is 99.4 Å². The summed E-state index contributed by atoms with van der Waals surface area (Å²) in [5.74, 6) is 1.01. The Morgan fingerprint density at radius 1 is 1.13 bits per heavy atom. The van der Waals surface area contributed by atoms with Gasteiger partial charge >= 0.3 is 11.9 Å². The average molecular weight is 448 g/mol. The van der Waals surface area contributed by atoms with Crippen LogP contribution in [0.1, 0.15) is 39.5 Å². The lowest BCUT2D eigenvalue weighted by Crippen LogP contribution is -2.49. The van der Waals surface area contributed by atoms with E-state index in [9.17, 15) is 9.59 Å². The molecule has 10 heteroatoms. The van der Waals surface area contributed by atoms with Crippen molar-refractivity contribution in [1.82, 2.24) is 19.5 Å². The van der Waals surface area contributed by atoms with Crippen LogP contribution in [0.5, 0.6) is 0 Å². The molecule has 4 heterocycles. The second kappa shape index (κ2) is 9.42. The van der Waals surface area contributed by atoms with Crippen molar-refractivity contribution in [3.05, 3.63) is 12.7 Å². The first kappa shape index (κ1) is 21.9. The van der Waals surface area contributed by atoms with Gasteiger partial charge in [0, 0.05) is 24.8 Å². The molecule has 2 atom stereocenters. The molecule has 2 saturated heterocycles. The fourth-order valence-electron chi connectivity index (χ4n) is 4.56. The van der Waals surface area contributed by atoms with E-state index in [1.165, 1.54) is 12.7 Å². The van der Waals surface area contributed by atoms with Gasteiger partial charge in [-0.2, -0.15) is 11.8 Å². The molecule has 9 nitrogen and oxygen atoms in total. The van der Waals surface area contributed by atoms with Crippen molar-refractivity contribution in [2.45, 2.75) is 45.1 Å². The number of fused-ring (bicyclic) bond motifs is 1. The Hall–Kier alpha value is -2.36. The van der Waals surface area contributed by atoms with E-state index in [0.717, 1.165) is 31.7 Å². The molecule has 0 N–H and O–H groups in total. The van der Waals surface area contributed by atoms with Crippen LogP contribution in [0, 0.1) is 5.92 Å². The summed E-state index contributed by atoms with van der Waals surface area (Å²) >= 11 is 1.63. The monoisotopic (exact) mass is 447 g/mol. The number of hydrogen-bond donors (Lipinski definition) is 0. The van der Waals surface area contributed by atoms with Crippen molar-refractivity contribution >= 4 is 40.7 Å². The largest absolute Gasteiger partial charge is 0.466 e. The smallest absolute Gasteiger partial charge is 0.333 e. The molecular formula is C21H29N5O4S. The van der Waals surface area contributed by atoms with Crippen molar-refractivity contribution < 1.29 is 19.1 Å². The molecule has 0 unspecified atom stereocenters. The molecule has 2 aliphatic heterocycles. The second-order valence-electron chi connectivity index (χ2n) is 7.90. The molecule has 2 aliphatic rings. The fourth-order valence-corrected chi connectivity index (χ4v) is 6.16. The summed E-state index contributed by atoms with van der Waals surface area (Å²) in [6.45, 7) is 6.01. The maximum Gasteiger partial charge on any atom is 0.333 e. The number of carbonyl (C=O) groups excluding carboxylic acids is 2. The number of ether oxygens (including phenoxy) is 2. The van der Waals surface area contributed by atoms with Crippen LogP contribution >= 0.6 is 11.8 Å². The molecule has 2 aromatic rings. The van der Waals surface area contributed by atoms with Crippen LogP contribution in [0.25, 0.3) is 11.2 Å². The van der Waals surface area contributed by atoms with E-state index in [-0.39, 0.29) is 30.9 Å². The number of anilines is 1. The summed E-state index contributed by atoms with van der Waals surface area (Å²) in [6.07, 6.45) is 6.80. The number of carbonyl (C=O) groups is 2. The first-order valence-electron chi connectivity index (χ1n) is 11.0. The molecule has 4 rings (SSSR count). The first-order chi connectivity index (χ1) is 15.1. The Kier molecular flexibility index (Phi) is 6.64. The predicted octanol–water partition coefficient (Wildman–Crippen LogP) is 2.39. The number of aromatic nitrogens is 4. The Balaban J connectivity index is 1.78. The van der Waals surface area contributed by atoms with E-state index < -0.39 is 5.54 Å². The zero-order valence-corrected chi connectivity index (χ0v) is 18.9. The normalized spacial score (nSPS) is 23.8. The zero-order chi connectivity index (χ0) is 21.8. The lowest BCUT2D eigenvalue weighted by atomic mass is 9.84. The summed E-state index contributed by atoms with van der Waals surface area (Å²) in [4.78, 5) is 41.6. The molecule has 0 spiro atoms. The van der Waals surface area contributed by atoms with Gasteiger partial charge < -0.3 is 14.4 Å². The highest BCUT2D eigenvalue weighted by atomic mass is 32.2. The highest BCUT2D eigenvalue weighted by Gasteiger charge is 2.54. The Morgan fingerprint density at radius 2 is 1.90 bits per heavy atom. The number of thioether (sulfide) groups is 1. The van der Waals surface area contributed by atoms with Gasteiger partial charge in [-0.1, -0.05) is 0 Å². The van der Waals surface area contributed by atoms with Crippen molar-refractivity contribution in [1.29, 1.82) is 0 Å². The zero-order valence-electron chi connectivity index (χ0n) is 18.1. The summed E-state index contributed by atoms with van der Waals surface area (Å²) in [7, 11) is 0. The Bertz CT molecular complexity index is 945. The molecule has 31 heavy (non-hydrogen) atoms. The third-order valence-electron chi connectivity index (χ3n) is 6.06.